The summed E-state index contributed by atoms with van der Waals surface area (Å²) in [5.41, 5.74) is 1.60. The molecule has 1 amide bonds. The molecule has 0 bridgehead atoms. The predicted molar refractivity (Wildman–Crippen MR) is 110 cm³/mol. The molecule has 0 atom stereocenters. The second-order valence-corrected chi connectivity index (χ2v) is 6.45. The van der Waals surface area contributed by atoms with Crippen molar-refractivity contribution in [2.24, 2.45) is 7.05 Å². The van der Waals surface area contributed by atoms with Gasteiger partial charge in [-0.05, 0) is 48.5 Å². The van der Waals surface area contributed by atoms with Gasteiger partial charge in [0.15, 0.2) is 12.4 Å². The molecule has 8 nitrogen and oxygen atoms in total. The molecule has 3 aromatic rings. The van der Waals surface area contributed by atoms with Gasteiger partial charge in [0, 0.05) is 30.9 Å². The minimum absolute atomic E-state index is 0.0426. The number of nitrogens with zero attached hydrogens (tertiary/aromatic N) is 2. The highest BCUT2D eigenvalue weighted by molar-refractivity contribution is 6.03. The van der Waals surface area contributed by atoms with Gasteiger partial charge in [-0.15, -0.1) is 0 Å². The average Bonchev–Trinajstić information content (AvgIpc) is 3.20. The lowest BCUT2D eigenvalue weighted by molar-refractivity contribution is -0.136. The standard InChI is InChI=1S/C22H21N3O5/c1-3-20(26)15-4-8-18(9-5-15)29-14-21(27)30-19-10-6-17(7-11-19)24-22(28)16-12-23-25(2)13-16/h4-13H,3,14H2,1-2H3,(H,24,28). The summed E-state index contributed by atoms with van der Waals surface area (Å²) in [4.78, 5) is 35.7. The first kappa shape index (κ1) is 20.8. The molecule has 154 valence electrons. The van der Waals surface area contributed by atoms with Gasteiger partial charge in [-0.3, -0.25) is 14.3 Å². The molecule has 0 aliphatic carbocycles. The van der Waals surface area contributed by atoms with Crippen molar-refractivity contribution in [2.45, 2.75) is 13.3 Å². The molecule has 8 heteroatoms. The molecular formula is C22H21N3O5. The Kier molecular flexibility index (Phi) is 6.59. The van der Waals surface area contributed by atoms with Gasteiger partial charge in [0.05, 0.1) is 11.8 Å². The Morgan fingerprint density at radius 2 is 1.63 bits per heavy atom. The van der Waals surface area contributed by atoms with Crippen LogP contribution in [0, 0.1) is 0 Å². The molecule has 0 saturated heterocycles. The van der Waals surface area contributed by atoms with Crippen LogP contribution in [0.1, 0.15) is 34.1 Å². The molecule has 0 radical (unpaired) electrons. The number of ketones is 1. The topological polar surface area (TPSA) is 99.5 Å². The highest BCUT2D eigenvalue weighted by atomic mass is 16.6. The number of carbonyl (C=O) groups is 3. The van der Waals surface area contributed by atoms with Crippen LogP contribution in [0.25, 0.3) is 0 Å². The number of esters is 1. The van der Waals surface area contributed by atoms with Gasteiger partial charge in [0.1, 0.15) is 11.5 Å². The van der Waals surface area contributed by atoms with E-state index in [1.807, 2.05) is 0 Å². The van der Waals surface area contributed by atoms with Gasteiger partial charge in [-0.2, -0.15) is 5.10 Å². The van der Waals surface area contributed by atoms with E-state index in [1.54, 1.807) is 73.4 Å². The van der Waals surface area contributed by atoms with Crippen molar-refractivity contribution in [1.82, 2.24) is 9.78 Å². The van der Waals surface area contributed by atoms with Crippen molar-refractivity contribution in [3.05, 3.63) is 72.1 Å². The Hall–Kier alpha value is -3.94. The van der Waals surface area contributed by atoms with Gasteiger partial charge in [-0.1, -0.05) is 6.92 Å². The summed E-state index contributed by atoms with van der Waals surface area (Å²) in [5.74, 6) is -0.0234. The van der Waals surface area contributed by atoms with Crippen LogP contribution in [0.4, 0.5) is 5.69 Å². The number of ether oxygens (including phenoxy) is 2. The van der Waals surface area contributed by atoms with Gasteiger partial charge in [-0.25, -0.2) is 4.79 Å². The Bertz CT molecular complexity index is 1040. The number of amides is 1. The van der Waals surface area contributed by atoms with Crippen LogP contribution in [-0.2, 0) is 11.8 Å². The average molecular weight is 407 g/mol. The highest BCUT2D eigenvalue weighted by Crippen LogP contribution is 2.17. The van der Waals surface area contributed by atoms with E-state index in [0.717, 1.165) is 0 Å². The third-order valence-corrected chi connectivity index (χ3v) is 4.17. The highest BCUT2D eigenvalue weighted by Gasteiger charge is 2.10. The largest absolute Gasteiger partial charge is 0.482 e. The number of carbonyl (C=O) groups excluding carboxylic acids is 3. The summed E-state index contributed by atoms with van der Waals surface area (Å²) in [5, 5.41) is 6.69. The summed E-state index contributed by atoms with van der Waals surface area (Å²) in [6.45, 7) is 1.52. The maximum atomic E-state index is 12.1. The summed E-state index contributed by atoms with van der Waals surface area (Å²) in [6.07, 6.45) is 3.51. The number of hydrogen-bond donors (Lipinski definition) is 1. The Morgan fingerprint density at radius 1 is 0.967 bits per heavy atom. The number of nitrogens with one attached hydrogen (secondary N) is 1. The van der Waals surface area contributed by atoms with Gasteiger partial charge in [0.2, 0.25) is 0 Å². The van der Waals surface area contributed by atoms with Crippen LogP contribution in [0.5, 0.6) is 11.5 Å². The van der Waals surface area contributed by atoms with E-state index in [4.69, 9.17) is 9.47 Å². The van der Waals surface area contributed by atoms with Crippen LogP contribution in [0.15, 0.2) is 60.9 Å². The van der Waals surface area contributed by atoms with Crippen molar-refractivity contribution in [3.8, 4) is 11.5 Å². The van der Waals surface area contributed by atoms with E-state index in [2.05, 4.69) is 10.4 Å². The number of benzene rings is 2. The fraction of sp³-hybridized carbons (Fsp3) is 0.182. The lowest BCUT2D eigenvalue weighted by Gasteiger charge is -2.08. The first-order valence-electron chi connectivity index (χ1n) is 9.31. The van der Waals surface area contributed by atoms with E-state index in [9.17, 15) is 14.4 Å². The second kappa shape index (κ2) is 9.51. The predicted octanol–water partition coefficient (Wildman–Crippen LogP) is 3.25. The molecule has 1 aromatic heterocycles. The van der Waals surface area contributed by atoms with Crippen LogP contribution >= 0.6 is 0 Å². The summed E-state index contributed by atoms with van der Waals surface area (Å²) >= 11 is 0. The van der Waals surface area contributed by atoms with Crippen molar-refractivity contribution >= 4 is 23.3 Å². The third kappa shape index (κ3) is 5.54. The summed E-state index contributed by atoms with van der Waals surface area (Å²) in [7, 11) is 1.73. The molecule has 30 heavy (non-hydrogen) atoms. The monoisotopic (exact) mass is 407 g/mol. The number of Topliss-reactive ketones (excluding diaryl/α,β-unsaturated/α-hetero) is 1. The quantitative estimate of drug-likeness (QED) is 0.350. The molecule has 3 rings (SSSR count). The first-order valence-corrected chi connectivity index (χ1v) is 9.31. The lowest BCUT2D eigenvalue weighted by atomic mass is 10.1. The molecule has 2 aromatic carbocycles. The maximum absolute atomic E-state index is 12.1. The summed E-state index contributed by atoms with van der Waals surface area (Å²) in [6, 6.07) is 13.0. The van der Waals surface area contributed by atoms with Gasteiger partial charge in [0.25, 0.3) is 5.91 Å². The SMILES string of the molecule is CCC(=O)c1ccc(OCC(=O)Oc2ccc(NC(=O)c3cnn(C)c3)cc2)cc1. The normalized spacial score (nSPS) is 10.3. The Balaban J connectivity index is 1.48. The molecule has 0 spiro atoms. The molecular weight excluding hydrogens is 386 g/mol. The zero-order valence-corrected chi connectivity index (χ0v) is 16.6. The van der Waals surface area contributed by atoms with Crippen molar-refractivity contribution in [1.29, 1.82) is 0 Å². The van der Waals surface area contributed by atoms with Gasteiger partial charge < -0.3 is 14.8 Å². The maximum Gasteiger partial charge on any atom is 0.349 e. The number of aryl methyl sites for hydroxylation is 1. The Morgan fingerprint density at radius 3 is 2.23 bits per heavy atom. The molecule has 1 N–H and O–H groups in total. The van der Waals surface area contributed by atoms with Crippen molar-refractivity contribution in [3.63, 3.8) is 0 Å². The molecule has 0 aliphatic heterocycles. The smallest absolute Gasteiger partial charge is 0.349 e. The summed E-state index contributed by atoms with van der Waals surface area (Å²) < 4.78 is 12.1. The van der Waals surface area contributed by atoms with Crippen molar-refractivity contribution in [2.75, 3.05) is 11.9 Å². The second-order valence-electron chi connectivity index (χ2n) is 6.45. The van der Waals surface area contributed by atoms with Crippen molar-refractivity contribution < 1.29 is 23.9 Å². The van der Waals surface area contributed by atoms with Gasteiger partial charge >= 0.3 is 5.97 Å². The molecule has 0 fully saturated rings. The molecule has 1 heterocycles. The lowest BCUT2D eigenvalue weighted by Crippen LogP contribution is -2.17. The molecule has 0 saturated carbocycles. The first-order chi connectivity index (χ1) is 14.4. The van der Waals surface area contributed by atoms with E-state index in [1.165, 1.54) is 6.20 Å². The van der Waals surface area contributed by atoms with E-state index >= 15 is 0 Å². The number of hydrogen-bond acceptors (Lipinski definition) is 6. The van der Waals surface area contributed by atoms with Crippen LogP contribution < -0.4 is 14.8 Å². The van der Waals surface area contributed by atoms with Crippen LogP contribution in [-0.4, -0.2) is 34.0 Å². The number of aromatic nitrogens is 2. The minimum Gasteiger partial charge on any atom is -0.482 e. The van der Waals surface area contributed by atoms with Crippen LogP contribution in [0.2, 0.25) is 0 Å². The fourth-order valence-corrected chi connectivity index (χ4v) is 2.59. The zero-order chi connectivity index (χ0) is 21.5. The van der Waals surface area contributed by atoms with E-state index in [0.29, 0.717) is 34.7 Å². The van der Waals surface area contributed by atoms with E-state index < -0.39 is 5.97 Å². The number of rotatable bonds is 8. The zero-order valence-electron chi connectivity index (χ0n) is 16.6. The Labute approximate surface area is 173 Å². The number of anilines is 1. The van der Waals surface area contributed by atoms with E-state index in [-0.39, 0.29) is 18.3 Å². The van der Waals surface area contributed by atoms with Crippen LogP contribution in [0.3, 0.4) is 0 Å². The molecule has 0 aliphatic rings. The minimum atomic E-state index is -0.573. The molecule has 0 unspecified atom stereocenters. The fourth-order valence-electron chi connectivity index (χ4n) is 2.59. The third-order valence-electron chi connectivity index (χ3n) is 4.17.